The minimum Gasteiger partial charge on any atom is -0.370 e. The lowest BCUT2D eigenvalue weighted by Crippen LogP contribution is -2.30. The first-order valence-corrected chi connectivity index (χ1v) is 8.86. The Morgan fingerprint density at radius 3 is 2.91 bits per heavy atom. The summed E-state index contributed by atoms with van der Waals surface area (Å²) in [5, 5.41) is 13.3. The average Bonchev–Trinajstić information content (AvgIpc) is 3.14. The Morgan fingerprint density at radius 1 is 1.48 bits per heavy atom. The van der Waals surface area contributed by atoms with Gasteiger partial charge in [-0.2, -0.15) is 0 Å². The molecule has 124 valence electrons. The smallest absolute Gasteiger partial charge is 0.233 e. The molecular formula is C14H19N5O2S2. The van der Waals surface area contributed by atoms with Gasteiger partial charge in [0.2, 0.25) is 11.8 Å². The van der Waals surface area contributed by atoms with Crippen molar-refractivity contribution in [1.29, 1.82) is 0 Å². The van der Waals surface area contributed by atoms with Crippen molar-refractivity contribution in [3.05, 3.63) is 28.2 Å². The highest BCUT2D eigenvalue weighted by molar-refractivity contribution is 8.00. The molecule has 0 fully saturated rings. The zero-order valence-electron chi connectivity index (χ0n) is 13.0. The predicted molar refractivity (Wildman–Crippen MR) is 90.0 cm³/mol. The van der Waals surface area contributed by atoms with E-state index < -0.39 is 0 Å². The van der Waals surface area contributed by atoms with E-state index in [1.807, 2.05) is 31.5 Å². The van der Waals surface area contributed by atoms with Crippen LogP contribution in [0.5, 0.6) is 0 Å². The number of primary amides is 1. The molecule has 7 nitrogen and oxygen atoms in total. The number of nitrogens with zero attached hydrogens (tertiary/aromatic N) is 3. The Kier molecular flexibility index (Phi) is 6.17. The number of aryl methyl sites for hydroxylation is 1. The summed E-state index contributed by atoms with van der Waals surface area (Å²) in [5.41, 5.74) is 5.14. The van der Waals surface area contributed by atoms with Crippen LogP contribution in [0.3, 0.4) is 0 Å². The molecule has 0 aliphatic heterocycles. The van der Waals surface area contributed by atoms with Crippen LogP contribution in [-0.2, 0) is 29.6 Å². The topological polar surface area (TPSA) is 103 Å². The fraction of sp³-hybridized carbons (Fsp3) is 0.429. The molecule has 3 N–H and O–H groups in total. The second kappa shape index (κ2) is 8.11. The summed E-state index contributed by atoms with van der Waals surface area (Å²) in [6.45, 7) is 2.36. The second-order valence-electron chi connectivity index (χ2n) is 4.98. The number of hydrogen-bond acceptors (Lipinski definition) is 6. The van der Waals surface area contributed by atoms with Gasteiger partial charge in [0.15, 0.2) is 5.16 Å². The van der Waals surface area contributed by atoms with Crippen LogP contribution in [0.1, 0.15) is 24.0 Å². The van der Waals surface area contributed by atoms with Gasteiger partial charge in [-0.1, -0.05) is 17.8 Å². The highest BCUT2D eigenvalue weighted by atomic mass is 32.2. The van der Waals surface area contributed by atoms with Crippen LogP contribution in [0, 0.1) is 0 Å². The summed E-state index contributed by atoms with van der Waals surface area (Å²) >= 11 is 2.94. The Morgan fingerprint density at radius 2 is 2.26 bits per heavy atom. The maximum absolute atomic E-state index is 12.1. The van der Waals surface area contributed by atoms with Gasteiger partial charge in [-0.05, 0) is 18.4 Å². The zero-order chi connectivity index (χ0) is 16.8. The molecule has 2 amide bonds. The van der Waals surface area contributed by atoms with Gasteiger partial charge < -0.3 is 15.6 Å². The van der Waals surface area contributed by atoms with Crippen LogP contribution in [0.15, 0.2) is 22.7 Å². The van der Waals surface area contributed by atoms with E-state index in [0.717, 1.165) is 4.88 Å². The van der Waals surface area contributed by atoms with Crippen molar-refractivity contribution in [2.45, 2.75) is 36.7 Å². The molecule has 0 bridgehead atoms. The largest absolute Gasteiger partial charge is 0.370 e. The highest BCUT2D eigenvalue weighted by Crippen LogP contribution is 2.22. The quantitative estimate of drug-likeness (QED) is 0.692. The first kappa shape index (κ1) is 17.5. The van der Waals surface area contributed by atoms with Crippen LogP contribution < -0.4 is 11.1 Å². The Labute approximate surface area is 142 Å². The van der Waals surface area contributed by atoms with Crippen molar-refractivity contribution in [1.82, 2.24) is 20.1 Å². The SMILES string of the molecule is C[C@@H](Sc1nnc(CCC(N)=O)n1C)C(=O)NCc1cccs1. The minimum absolute atomic E-state index is 0.0508. The molecule has 9 heteroatoms. The molecule has 0 radical (unpaired) electrons. The lowest BCUT2D eigenvalue weighted by molar-refractivity contribution is -0.120. The Balaban J connectivity index is 1.87. The normalized spacial score (nSPS) is 12.1. The molecule has 2 rings (SSSR count). The van der Waals surface area contributed by atoms with Crippen LogP contribution in [-0.4, -0.2) is 31.8 Å². The number of amides is 2. The zero-order valence-corrected chi connectivity index (χ0v) is 14.6. The molecule has 2 aromatic heterocycles. The van der Waals surface area contributed by atoms with Crippen LogP contribution in [0.4, 0.5) is 0 Å². The third kappa shape index (κ3) is 5.07. The highest BCUT2D eigenvalue weighted by Gasteiger charge is 2.18. The van der Waals surface area contributed by atoms with Crippen molar-refractivity contribution in [2.24, 2.45) is 12.8 Å². The van der Waals surface area contributed by atoms with E-state index in [-0.39, 0.29) is 23.5 Å². The van der Waals surface area contributed by atoms with E-state index in [9.17, 15) is 9.59 Å². The summed E-state index contributed by atoms with van der Waals surface area (Å²) in [6, 6.07) is 3.94. The fourth-order valence-electron chi connectivity index (χ4n) is 1.84. The van der Waals surface area contributed by atoms with E-state index in [2.05, 4.69) is 15.5 Å². The van der Waals surface area contributed by atoms with Crippen LogP contribution >= 0.6 is 23.1 Å². The second-order valence-corrected chi connectivity index (χ2v) is 7.32. The number of carbonyl (C=O) groups is 2. The number of nitrogens with one attached hydrogen (secondary N) is 1. The molecule has 2 aromatic rings. The van der Waals surface area contributed by atoms with Gasteiger partial charge >= 0.3 is 0 Å². The van der Waals surface area contributed by atoms with Crippen molar-refractivity contribution in [3.63, 3.8) is 0 Å². The molecule has 2 heterocycles. The fourth-order valence-corrected chi connectivity index (χ4v) is 3.35. The Bertz CT molecular complexity index is 669. The van der Waals surface area contributed by atoms with Gasteiger partial charge in [-0.25, -0.2) is 0 Å². The van der Waals surface area contributed by atoms with E-state index in [1.54, 1.807) is 15.9 Å². The maximum Gasteiger partial charge on any atom is 0.233 e. The molecule has 0 aliphatic carbocycles. The standard InChI is InChI=1S/C14H19N5O2S2/c1-9(13(21)16-8-10-4-3-7-22-10)23-14-18-17-12(19(14)2)6-5-11(15)20/h3-4,7,9H,5-6,8H2,1-2H3,(H2,15,20)(H,16,21)/t9-/m1/s1. The summed E-state index contributed by atoms with van der Waals surface area (Å²) in [6.07, 6.45) is 0.672. The van der Waals surface area contributed by atoms with Gasteiger partial charge in [0.1, 0.15) is 5.82 Å². The molecule has 0 spiro atoms. The van der Waals surface area contributed by atoms with Gasteiger partial charge in [0.25, 0.3) is 0 Å². The lowest BCUT2D eigenvalue weighted by Gasteiger charge is -2.11. The van der Waals surface area contributed by atoms with Crippen molar-refractivity contribution >= 4 is 34.9 Å². The molecule has 0 saturated carbocycles. The van der Waals surface area contributed by atoms with Gasteiger partial charge in [-0.15, -0.1) is 21.5 Å². The molecular weight excluding hydrogens is 334 g/mol. The number of nitrogens with two attached hydrogens (primary N) is 1. The van der Waals surface area contributed by atoms with E-state index in [1.165, 1.54) is 11.8 Å². The Hall–Kier alpha value is -1.87. The summed E-state index contributed by atoms with van der Waals surface area (Å²) in [5.74, 6) is 0.256. The summed E-state index contributed by atoms with van der Waals surface area (Å²) in [4.78, 5) is 24.1. The molecule has 0 unspecified atom stereocenters. The monoisotopic (exact) mass is 353 g/mol. The number of aromatic nitrogens is 3. The molecule has 23 heavy (non-hydrogen) atoms. The average molecular weight is 353 g/mol. The van der Waals surface area contributed by atoms with Crippen molar-refractivity contribution in [2.75, 3.05) is 0 Å². The first-order chi connectivity index (χ1) is 11.0. The van der Waals surface area contributed by atoms with Crippen molar-refractivity contribution < 1.29 is 9.59 Å². The van der Waals surface area contributed by atoms with Crippen molar-refractivity contribution in [3.8, 4) is 0 Å². The van der Waals surface area contributed by atoms with E-state index >= 15 is 0 Å². The third-order valence-corrected chi connectivity index (χ3v) is 5.20. The van der Waals surface area contributed by atoms with Gasteiger partial charge in [0.05, 0.1) is 11.8 Å². The molecule has 0 aromatic carbocycles. The molecule has 1 atom stereocenters. The minimum atomic E-state index is -0.372. The van der Waals surface area contributed by atoms with E-state index in [4.69, 9.17) is 5.73 Å². The van der Waals surface area contributed by atoms with E-state index in [0.29, 0.717) is 23.9 Å². The maximum atomic E-state index is 12.1. The number of thioether (sulfide) groups is 1. The molecule has 0 saturated heterocycles. The summed E-state index contributed by atoms with van der Waals surface area (Å²) in [7, 11) is 1.81. The van der Waals surface area contributed by atoms with Crippen LogP contribution in [0.2, 0.25) is 0 Å². The number of rotatable bonds is 8. The first-order valence-electron chi connectivity index (χ1n) is 7.10. The number of carbonyl (C=O) groups excluding carboxylic acids is 2. The van der Waals surface area contributed by atoms with Gasteiger partial charge in [-0.3, -0.25) is 9.59 Å². The van der Waals surface area contributed by atoms with Gasteiger partial charge in [0, 0.05) is 24.8 Å². The number of hydrogen-bond donors (Lipinski definition) is 2. The molecule has 0 aliphatic rings. The predicted octanol–water partition coefficient (Wildman–Crippen LogP) is 1.09. The van der Waals surface area contributed by atoms with Crippen LogP contribution in [0.25, 0.3) is 0 Å². The third-order valence-electron chi connectivity index (χ3n) is 3.19. The summed E-state index contributed by atoms with van der Waals surface area (Å²) < 4.78 is 1.79. The lowest BCUT2D eigenvalue weighted by atomic mass is 10.3. The number of thiophene rings is 1.